The quantitative estimate of drug-likeness (QED) is 0.0491. The fourth-order valence-corrected chi connectivity index (χ4v) is 11.3. The Kier molecular flexibility index (Phi) is 15.9. The fourth-order valence-electron chi connectivity index (χ4n) is 9.87. The summed E-state index contributed by atoms with van der Waals surface area (Å²) in [6.45, 7) is 6.91. The van der Waals surface area contributed by atoms with E-state index in [0.717, 1.165) is 50.0 Å². The summed E-state index contributed by atoms with van der Waals surface area (Å²) in [5.74, 6) is -1.21. The van der Waals surface area contributed by atoms with Crippen LogP contribution < -0.4 is 15.0 Å². The zero-order valence-electron chi connectivity index (χ0n) is 39.8. The molecule has 7 rings (SSSR count). The monoisotopic (exact) mass is 1030 g/mol. The number of fused-ring (bicyclic) bond motifs is 2. The molecule has 1 unspecified atom stereocenters. The van der Waals surface area contributed by atoms with Crippen LogP contribution in [0.15, 0.2) is 137 Å². The van der Waals surface area contributed by atoms with E-state index in [9.17, 15) is 53.3 Å². The average Bonchev–Trinajstić information content (AvgIpc) is 3.83. The van der Waals surface area contributed by atoms with Crippen LogP contribution in [0, 0.1) is 0 Å². The Morgan fingerprint density at radius 2 is 1.41 bits per heavy atom. The van der Waals surface area contributed by atoms with Crippen LogP contribution in [0.1, 0.15) is 83.3 Å². The Bertz CT molecular complexity index is 3120. The van der Waals surface area contributed by atoms with Crippen molar-refractivity contribution in [2.24, 2.45) is 0 Å². The number of anilines is 1. The second-order valence-electron chi connectivity index (χ2n) is 18.7. The van der Waals surface area contributed by atoms with E-state index in [4.69, 9.17) is 4.74 Å². The third kappa shape index (κ3) is 12.5. The minimum atomic E-state index is -4.49. The van der Waals surface area contributed by atoms with Crippen molar-refractivity contribution in [1.82, 2.24) is 10.2 Å². The zero-order chi connectivity index (χ0) is 51.4. The van der Waals surface area contributed by atoms with E-state index in [1.807, 2.05) is 77.7 Å². The van der Waals surface area contributed by atoms with Crippen LogP contribution in [0.4, 0.5) is 11.4 Å². The van der Waals surface area contributed by atoms with Crippen molar-refractivity contribution >= 4 is 65.2 Å². The summed E-state index contributed by atoms with van der Waals surface area (Å²) in [5, 5.41) is 2.80. The molecular weight excluding hydrogens is 973 g/mol. The second kappa shape index (κ2) is 21.4. The standard InChI is InChI=1S/C51H58N4O13S3/c1-50(2)40-14-4-6-16-42(40)53(31-10-34-69(59,60)61)44(50)25-19-36-12-8-13-37(49(36)68-38-21-23-39(24-22-38)71(65,66)67)20-26-45-51(3,29-9-18-46(56)52-30-33-55-47(57)27-28-48(55)58)41-15-5-7-17-43(41)54(45)32-11-35-70(62,63)64/h4-7,14-17,19-28H,8-13,18,29-35H2,1-3H3,(H3-,52,56,59,60,61,62,63,64,65,66,67)/p+1. The lowest BCUT2D eigenvalue weighted by molar-refractivity contribution is -0.437. The third-order valence-electron chi connectivity index (χ3n) is 13.4. The van der Waals surface area contributed by atoms with Crippen LogP contribution in [0.25, 0.3) is 0 Å². The molecule has 0 spiro atoms. The Morgan fingerprint density at radius 3 is 2.08 bits per heavy atom. The Hall–Kier alpha value is -6.03. The van der Waals surface area contributed by atoms with E-state index in [1.54, 1.807) is 0 Å². The number of carbonyl (C=O) groups excluding carboxylic acids is 3. The number of para-hydroxylation sites is 2. The topological polar surface area (TPSA) is 245 Å². The molecule has 71 heavy (non-hydrogen) atoms. The van der Waals surface area contributed by atoms with E-state index in [-0.39, 0.29) is 49.7 Å². The van der Waals surface area contributed by atoms with Crippen molar-refractivity contribution in [3.63, 3.8) is 0 Å². The number of nitrogens with zero attached hydrogens (tertiary/aromatic N) is 3. The molecule has 0 fully saturated rings. The molecule has 3 amide bonds. The van der Waals surface area contributed by atoms with Gasteiger partial charge in [-0.15, -0.1) is 0 Å². The van der Waals surface area contributed by atoms with Crippen molar-refractivity contribution in [2.75, 3.05) is 42.6 Å². The van der Waals surface area contributed by atoms with E-state index in [0.29, 0.717) is 50.2 Å². The van der Waals surface area contributed by atoms with Gasteiger partial charge in [-0.25, -0.2) is 0 Å². The Balaban J connectivity index is 1.27. The number of carbonyl (C=O) groups is 3. The van der Waals surface area contributed by atoms with Crippen molar-refractivity contribution in [3.05, 3.63) is 143 Å². The minimum absolute atomic E-state index is 0.0406. The number of allylic oxidation sites excluding steroid dienone is 7. The third-order valence-corrected chi connectivity index (χ3v) is 15.8. The van der Waals surface area contributed by atoms with Crippen LogP contribution in [-0.4, -0.2) is 110 Å². The molecule has 1 aliphatic carbocycles. The highest BCUT2D eigenvalue weighted by molar-refractivity contribution is 7.86. The highest BCUT2D eigenvalue weighted by Gasteiger charge is 2.45. The Labute approximate surface area is 415 Å². The first-order valence-electron chi connectivity index (χ1n) is 23.4. The van der Waals surface area contributed by atoms with Gasteiger partial charge in [0.25, 0.3) is 42.2 Å². The summed E-state index contributed by atoms with van der Waals surface area (Å²) in [7, 11) is -13.0. The first-order valence-corrected chi connectivity index (χ1v) is 28.0. The molecule has 20 heteroatoms. The van der Waals surface area contributed by atoms with Crippen LogP contribution in [0.5, 0.6) is 5.75 Å². The number of benzene rings is 3. The maximum absolute atomic E-state index is 13.1. The van der Waals surface area contributed by atoms with Crippen molar-refractivity contribution in [2.45, 2.75) is 87.9 Å². The average molecular weight is 1030 g/mol. The van der Waals surface area contributed by atoms with Gasteiger partial charge in [-0.1, -0.05) is 42.5 Å². The van der Waals surface area contributed by atoms with Crippen LogP contribution in [0.3, 0.4) is 0 Å². The predicted molar refractivity (Wildman–Crippen MR) is 268 cm³/mol. The molecule has 3 heterocycles. The SMILES string of the molecule is CC1(C)C(/C=C/C2=C(Oc3ccc(S(=O)(=O)O)cc3)C(=C/C=C3/N(CCCS(=O)(=O)O)c4ccccc4C3(C)CCCC(=O)NCCN3C(=O)C=CC3=O)/CCC2)=[N+](CCCS(=O)(=O)O)c2ccccc21. The van der Waals surface area contributed by atoms with E-state index in [1.165, 1.54) is 36.4 Å². The molecule has 1 atom stereocenters. The smallest absolute Gasteiger partial charge is 0.294 e. The molecular formula is C51H59N4O13S3+. The van der Waals surface area contributed by atoms with E-state index >= 15 is 0 Å². The molecule has 3 aliphatic heterocycles. The molecule has 378 valence electrons. The van der Waals surface area contributed by atoms with Crippen LogP contribution in [0.2, 0.25) is 0 Å². The van der Waals surface area contributed by atoms with Gasteiger partial charge in [-0.3, -0.25) is 32.9 Å². The molecule has 0 aromatic heterocycles. The van der Waals surface area contributed by atoms with Crippen molar-refractivity contribution in [1.29, 1.82) is 0 Å². The first kappa shape index (κ1) is 52.8. The molecule has 0 radical (unpaired) electrons. The summed E-state index contributed by atoms with van der Waals surface area (Å²) in [5.41, 5.74) is 5.81. The fraction of sp³-hybridized carbons (Fsp3) is 0.373. The molecule has 0 saturated carbocycles. The van der Waals surface area contributed by atoms with E-state index in [2.05, 4.69) is 30.7 Å². The molecule has 0 saturated heterocycles. The molecule has 4 N–H and O–H groups in total. The number of rotatable bonds is 21. The van der Waals surface area contributed by atoms with Crippen molar-refractivity contribution < 1.29 is 62.6 Å². The normalized spacial score (nSPS) is 20.3. The lowest BCUT2D eigenvalue weighted by atomic mass is 9.77. The maximum atomic E-state index is 13.1. The number of hydrogen-bond donors (Lipinski definition) is 4. The number of amides is 3. The summed E-state index contributed by atoms with van der Waals surface area (Å²) in [6.07, 6.45) is 13.5. The highest BCUT2D eigenvalue weighted by atomic mass is 32.2. The summed E-state index contributed by atoms with van der Waals surface area (Å²) < 4.78 is 109. The van der Waals surface area contributed by atoms with Gasteiger partial charge in [0.2, 0.25) is 11.6 Å². The molecule has 4 aliphatic rings. The number of ether oxygens (including phenoxy) is 1. The van der Waals surface area contributed by atoms with Gasteiger partial charge in [0.05, 0.1) is 21.8 Å². The van der Waals surface area contributed by atoms with Gasteiger partial charge in [-0.2, -0.15) is 29.8 Å². The van der Waals surface area contributed by atoms with Gasteiger partial charge in [0.15, 0.2) is 5.71 Å². The van der Waals surface area contributed by atoms with Crippen molar-refractivity contribution in [3.8, 4) is 5.75 Å². The first-order chi connectivity index (χ1) is 33.5. The Morgan fingerprint density at radius 1 is 0.761 bits per heavy atom. The molecule has 0 bridgehead atoms. The predicted octanol–water partition coefficient (Wildman–Crippen LogP) is 6.74. The van der Waals surface area contributed by atoms with Gasteiger partial charge in [0, 0.05) is 79.1 Å². The lowest BCUT2D eigenvalue weighted by Crippen LogP contribution is -2.38. The largest absolute Gasteiger partial charge is 0.457 e. The number of imide groups is 1. The van der Waals surface area contributed by atoms with Gasteiger partial charge in [0.1, 0.15) is 18.1 Å². The molecule has 3 aromatic carbocycles. The summed E-state index contributed by atoms with van der Waals surface area (Å²) in [6, 6.07) is 21.0. The van der Waals surface area contributed by atoms with Crippen LogP contribution >= 0.6 is 0 Å². The van der Waals surface area contributed by atoms with Crippen LogP contribution in [-0.2, 0) is 55.6 Å². The lowest BCUT2D eigenvalue weighted by Gasteiger charge is -2.31. The maximum Gasteiger partial charge on any atom is 0.294 e. The second-order valence-corrected chi connectivity index (χ2v) is 23.2. The van der Waals surface area contributed by atoms with Gasteiger partial charge >= 0.3 is 0 Å². The molecule has 17 nitrogen and oxygen atoms in total. The minimum Gasteiger partial charge on any atom is -0.457 e. The summed E-state index contributed by atoms with van der Waals surface area (Å²) in [4.78, 5) is 39.9. The van der Waals surface area contributed by atoms with Gasteiger partial charge < -0.3 is 15.0 Å². The zero-order valence-corrected chi connectivity index (χ0v) is 42.2. The molecule has 3 aromatic rings. The van der Waals surface area contributed by atoms with Gasteiger partial charge in [-0.05, 0) is 118 Å². The summed E-state index contributed by atoms with van der Waals surface area (Å²) >= 11 is 0. The number of hydrogen-bond acceptors (Lipinski definition) is 11. The van der Waals surface area contributed by atoms with E-state index < -0.39 is 64.5 Å². The highest BCUT2D eigenvalue weighted by Crippen LogP contribution is 2.51. The number of nitrogens with one attached hydrogen (secondary N) is 1.